The Kier molecular flexibility index (Phi) is 6.83. The van der Waals surface area contributed by atoms with E-state index in [1.165, 1.54) is 0 Å². The fourth-order valence-electron chi connectivity index (χ4n) is 0.986. The van der Waals surface area contributed by atoms with Crippen LogP contribution in [0, 0.1) is 0 Å². The van der Waals surface area contributed by atoms with Gasteiger partial charge in [0, 0.05) is 12.5 Å². The predicted octanol–water partition coefficient (Wildman–Crippen LogP) is 1.77. The smallest absolute Gasteiger partial charge is 0.305 e. The van der Waals surface area contributed by atoms with Crippen molar-refractivity contribution in [3.63, 3.8) is 0 Å². The third kappa shape index (κ3) is 6.95. The molecule has 0 aromatic carbocycles. The molecule has 0 bridgehead atoms. The average Bonchev–Trinajstić information content (AvgIpc) is 2.13. The van der Waals surface area contributed by atoms with Gasteiger partial charge in [0.1, 0.15) is 0 Å². The first-order valence-electron chi connectivity index (χ1n) is 5.61. The van der Waals surface area contributed by atoms with Crippen LogP contribution < -0.4 is 4.72 Å². The van der Waals surface area contributed by atoms with Crippen molar-refractivity contribution in [2.75, 3.05) is 6.61 Å². The van der Waals surface area contributed by atoms with E-state index in [-0.39, 0.29) is 16.8 Å². The molecule has 0 heterocycles. The summed E-state index contributed by atoms with van der Waals surface area (Å²) in [6, 6.07) is 0.0458. The summed E-state index contributed by atoms with van der Waals surface area (Å²) in [6.45, 7) is 9.85. The summed E-state index contributed by atoms with van der Waals surface area (Å²) < 4.78 is 19.3. The molecule has 0 amide bonds. The number of hydrogen-bond acceptors (Lipinski definition) is 3. The maximum absolute atomic E-state index is 11.7. The molecule has 0 rings (SSSR count). The van der Waals surface area contributed by atoms with E-state index in [0.29, 0.717) is 19.4 Å². The van der Waals surface area contributed by atoms with Crippen LogP contribution in [0.1, 0.15) is 47.5 Å². The van der Waals surface area contributed by atoms with Gasteiger partial charge in [0.05, 0.1) is 22.3 Å². The quantitative estimate of drug-likeness (QED) is 0.730. The Balaban J connectivity index is 3.87. The molecule has 0 aliphatic carbocycles. The van der Waals surface area contributed by atoms with E-state index in [4.69, 9.17) is 4.74 Å². The van der Waals surface area contributed by atoms with Crippen molar-refractivity contribution in [2.45, 2.75) is 58.2 Å². The molecule has 0 aliphatic heterocycles. The van der Waals surface area contributed by atoms with Gasteiger partial charge in [-0.2, -0.15) is 0 Å². The monoisotopic (exact) mass is 249 g/mol. The molecule has 0 aliphatic rings. The maximum Gasteiger partial charge on any atom is 0.305 e. The predicted molar refractivity (Wildman–Crippen MR) is 66.4 cm³/mol. The summed E-state index contributed by atoms with van der Waals surface area (Å²) in [4.78, 5) is 11.1. The van der Waals surface area contributed by atoms with Crippen LogP contribution >= 0.6 is 0 Å². The fourth-order valence-corrected chi connectivity index (χ4v) is 1.82. The van der Waals surface area contributed by atoms with Gasteiger partial charge in [0.25, 0.3) is 0 Å². The normalized spacial score (nSPS) is 15.6. The van der Waals surface area contributed by atoms with Gasteiger partial charge in [-0.25, -0.2) is 8.93 Å². The SMILES string of the molecule is CCOC(=O)CC[C@H](C)NS(=O)C(C)(C)C. The fraction of sp³-hybridized carbons (Fsp3) is 0.909. The van der Waals surface area contributed by atoms with Crippen molar-refractivity contribution in [1.82, 2.24) is 4.72 Å². The lowest BCUT2D eigenvalue weighted by molar-refractivity contribution is -0.143. The zero-order chi connectivity index (χ0) is 12.8. The lowest BCUT2D eigenvalue weighted by Crippen LogP contribution is -2.38. The highest BCUT2D eigenvalue weighted by Gasteiger charge is 2.21. The van der Waals surface area contributed by atoms with Crippen LogP contribution in [-0.2, 0) is 20.5 Å². The average molecular weight is 249 g/mol. The Morgan fingerprint density at radius 1 is 1.44 bits per heavy atom. The van der Waals surface area contributed by atoms with Crippen LogP contribution in [-0.4, -0.2) is 27.6 Å². The zero-order valence-corrected chi connectivity index (χ0v) is 11.6. The molecule has 0 saturated carbocycles. The number of esters is 1. The van der Waals surface area contributed by atoms with E-state index in [2.05, 4.69) is 4.72 Å². The van der Waals surface area contributed by atoms with Crippen LogP contribution in [0.2, 0.25) is 0 Å². The van der Waals surface area contributed by atoms with Crippen LogP contribution in [0.4, 0.5) is 0 Å². The molecule has 0 spiro atoms. The van der Waals surface area contributed by atoms with Crippen molar-refractivity contribution in [1.29, 1.82) is 0 Å². The molecule has 0 aromatic rings. The summed E-state index contributed by atoms with van der Waals surface area (Å²) in [5, 5.41) is 0. The molecule has 16 heavy (non-hydrogen) atoms. The van der Waals surface area contributed by atoms with Crippen LogP contribution in [0.15, 0.2) is 0 Å². The lowest BCUT2D eigenvalue weighted by Gasteiger charge is -2.21. The molecule has 96 valence electrons. The summed E-state index contributed by atoms with van der Waals surface area (Å²) >= 11 is 0. The van der Waals surface area contributed by atoms with Gasteiger partial charge in [-0.05, 0) is 41.0 Å². The van der Waals surface area contributed by atoms with Gasteiger partial charge < -0.3 is 4.74 Å². The van der Waals surface area contributed by atoms with E-state index < -0.39 is 11.0 Å². The van der Waals surface area contributed by atoms with E-state index >= 15 is 0 Å². The minimum atomic E-state index is -1.09. The van der Waals surface area contributed by atoms with Gasteiger partial charge in [-0.1, -0.05) is 0 Å². The molecule has 1 unspecified atom stereocenters. The van der Waals surface area contributed by atoms with Crippen molar-refractivity contribution in [2.24, 2.45) is 0 Å². The first kappa shape index (κ1) is 15.6. The number of hydrogen-bond donors (Lipinski definition) is 1. The highest BCUT2D eigenvalue weighted by molar-refractivity contribution is 7.84. The van der Waals surface area contributed by atoms with Crippen LogP contribution in [0.25, 0.3) is 0 Å². The van der Waals surface area contributed by atoms with E-state index in [1.807, 2.05) is 27.7 Å². The number of carbonyl (C=O) groups excluding carboxylic acids is 1. The molecule has 4 nitrogen and oxygen atoms in total. The van der Waals surface area contributed by atoms with Crippen LogP contribution in [0.3, 0.4) is 0 Å². The number of carbonyl (C=O) groups is 1. The maximum atomic E-state index is 11.7. The molecule has 0 aromatic heterocycles. The zero-order valence-electron chi connectivity index (χ0n) is 10.8. The molecule has 0 saturated heterocycles. The lowest BCUT2D eigenvalue weighted by atomic mass is 10.2. The van der Waals surface area contributed by atoms with Gasteiger partial charge in [-0.15, -0.1) is 0 Å². The van der Waals surface area contributed by atoms with Gasteiger partial charge in [-0.3, -0.25) is 4.79 Å². The Labute approximate surface area is 101 Å². The second-order valence-electron chi connectivity index (χ2n) is 4.74. The Bertz CT molecular complexity index is 248. The largest absolute Gasteiger partial charge is 0.466 e. The Morgan fingerprint density at radius 3 is 2.44 bits per heavy atom. The van der Waals surface area contributed by atoms with E-state index in [9.17, 15) is 9.00 Å². The summed E-state index contributed by atoms with van der Waals surface area (Å²) in [6.07, 6.45) is 1.00. The second-order valence-corrected chi connectivity index (χ2v) is 6.74. The van der Waals surface area contributed by atoms with Crippen LogP contribution in [0.5, 0.6) is 0 Å². The van der Waals surface area contributed by atoms with E-state index in [0.717, 1.165) is 0 Å². The Hall–Kier alpha value is -0.420. The number of ether oxygens (including phenoxy) is 1. The molecular weight excluding hydrogens is 226 g/mol. The van der Waals surface area contributed by atoms with E-state index in [1.54, 1.807) is 6.92 Å². The first-order chi connectivity index (χ1) is 7.27. The minimum Gasteiger partial charge on any atom is -0.466 e. The summed E-state index contributed by atoms with van der Waals surface area (Å²) in [5.74, 6) is -0.197. The minimum absolute atomic E-state index is 0.0458. The third-order valence-electron chi connectivity index (χ3n) is 1.95. The topological polar surface area (TPSA) is 55.4 Å². The van der Waals surface area contributed by atoms with Crippen molar-refractivity contribution < 1.29 is 13.7 Å². The number of rotatable bonds is 6. The first-order valence-corrected chi connectivity index (χ1v) is 6.76. The third-order valence-corrected chi connectivity index (χ3v) is 3.68. The van der Waals surface area contributed by atoms with Gasteiger partial charge in [0.2, 0.25) is 0 Å². The van der Waals surface area contributed by atoms with Crippen molar-refractivity contribution >= 4 is 17.0 Å². The molecular formula is C11H23NO3S. The Morgan fingerprint density at radius 2 is 2.00 bits per heavy atom. The van der Waals surface area contributed by atoms with Gasteiger partial charge >= 0.3 is 5.97 Å². The second kappa shape index (κ2) is 7.01. The molecule has 0 radical (unpaired) electrons. The molecule has 2 atom stereocenters. The van der Waals surface area contributed by atoms with Crippen molar-refractivity contribution in [3.05, 3.63) is 0 Å². The summed E-state index contributed by atoms with van der Waals surface area (Å²) in [5.41, 5.74) is 0. The van der Waals surface area contributed by atoms with Crippen molar-refractivity contribution in [3.8, 4) is 0 Å². The number of nitrogens with one attached hydrogen (secondary N) is 1. The summed E-state index contributed by atoms with van der Waals surface area (Å²) in [7, 11) is -1.09. The molecule has 5 heteroatoms. The standard InChI is InChI=1S/C11H23NO3S/c1-6-15-10(13)8-7-9(2)12-16(14)11(3,4)5/h9,12H,6-8H2,1-5H3/t9-,16?/m0/s1. The highest BCUT2D eigenvalue weighted by atomic mass is 32.2. The van der Waals surface area contributed by atoms with Gasteiger partial charge in [0.15, 0.2) is 0 Å². The molecule has 0 fully saturated rings. The molecule has 1 N–H and O–H groups in total. The highest BCUT2D eigenvalue weighted by Crippen LogP contribution is 2.10.